The van der Waals surface area contributed by atoms with Crippen molar-refractivity contribution < 1.29 is 8.42 Å². The second-order valence-corrected chi connectivity index (χ2v) is 6.99. The van der Waals surface area contributed by atoms with Crippen LogP contribution in [0, 0.1) is 0 Å². The molecule has 1 aromatic rings. The molecule has 0 amide bonds. The fourth-order valence-electron chi connectivity index (χ4n) is 1.48. The highest BCUT2D eigenvalue weighted by atomic mass is 32.2. The lowest BCUT2D eigenvalue weighted by Gasteiger charge is -2.16. The number of rotatable bonds is 8. The SMILES string of the molecule is CNCCCCS(=O)(=O)N(C)Cc1ccsc1. The maximum absolute atomic E-state index is 11.9. The Kier molecular flexibility index (Phi) is 6.11. The third-order valence-electron chi connectivity index (χ3n) is 2.54. The van der Waals surface area contributed by atoms with Gasteiger partial charge >= 0.3 is 0 Å². The zero-order valence-corrected chi connectivity index (χ0v) is 12.0. The number of sulfonamides is 1. The van der Waals surface area contributed by atoms with Crippen LogP contribution in [0.4, 0.5) is 0 Å². The first-order valence-corrected chi connectivity index (χ1v) is 8.21. The Balaban J connectivity index is 2.41. The van der Waals surface area contributed by atoms with Gasteiger partial charge in [-0.15, -0.1) is 0 Å². The van der Waals surface area contributed by atoms with E-state index >= 15 is 0 Å². The third kappa shape index (κ3) is 5.16. The third-order valence-corrected chi connectivity index (χ3v) is 5.15. The monoisotopic (exact) mass is 276 g/mol. The Morgan fingerprint density at radius 1 is 1.41 bits per heavy atom. The second kappa shape index (κ2) is 7.10. The van der Waals surface area contributed by atoms with Gasteiger partial charge in [-0.2, -0.15) is 11.3 Å². The Morgan fingerprint density at radius 2 is 2.18 bits per heavy atom. The molecule has 0 radical (unpaired) electrons. The van der Waals surface area contributed by atoms with E-state index in [-0.39, 0.29) is 5.75 Å². The molecule has 0 unspecified atom stereocenters. The van der Waals surface area contributed by atoms with Crippen molar-refractivity contribution in [1.82, 2.24) is 9.62 Å². The lowest BCUT2D eigenvalue weighted by molar-refractivity contribution is 0.465. The molecule has 0 aliphatic rings. The van der Waals surface area contributed by atoms with Crippen LogP contribution in [-0.2, 0) is 16.6 Å². The van der Waals surface area contributed by atoms with Gasteiger partial charge in [0.25, 0.3) is 0 Å². The predicted octanol–water partition coefficient (Wildman–Crippen LogP) is 1.51. The summed E-state index contributed by atoms with van der Waals surface area (Å²) in [6.45, 7) is 1.33. The minimum absolute atomic E-state index is 0.231. The molecule has 17 heavy (non-hydrogen) atoms. The molecule has 1 rings (SSSR count). The Morgan fingerprint density at radius 3 is 2.76 bits per heavy atom. The fourth-order valence-corrected chi connectivity index (χ4v) is 3.37. The van der Waals surface area contributed by atoms with Gasteiger partial charge < -0.3 is 5.32 Å². The van der Waals surface area contributed by atoms with E-state index in [1.807, 2.05) is 23.9 Å². The summed E-state index contributed by atoms with van der Waals surface area (Å²) >= 11 is 1.59. The molecular weight excluding hydrogens is 256 g/mol. The number of hydrogen-bond donors (Lipinski definition) is 1. The molecule has 0 fully saturated rings. The zero-order chi connectivity index (χ0) is 12.7. The Bertz CT molecular complexity index is 401. The van der Waals surface area contributed by atoms with E-state index in [0.717, 1.165) is 18.5 Å². The van der Waals surface area contributed by atoms with Crippen LogP contribution in [0.25, 0.3) is 0 Å². The van der Waals surface area contributed by atoms with E-state index in [9.17, 15) is 8.42 Å². The fraction of sp³-hybridized carbons (Fsp3) is 0.636. The first-order chi connectivity index (χ1) is 8.06. The van der Waals surface area contributed by atoms with Crippen LogP contribution in [0.15, 0.2) is 16.8 Å². The molecular formula is C11H20N2O2S2. The molecule has 0 aliphatic heterocycles. The molecule has 0 aliphatic carbocycles. The predicted molar refractivity (Wildman–Crippen MR) is 72.7 cm³/mol. The molecule has 4 nitrogen and oxygen atoms in total. The molecule has 1 N–H and O–H groups in total. The number of nitrogens with zero attached hydrogens (tertiary/aromatic N) is 1. The van der Waals surface area contributed by atoms with Gasteiger partial charge in [-0.3, -0.25) is 0 Å². The van der Waals surface area contributed by atoms with E-state index in [4.69, 9.17) is 0 Å². The van der Waals surface area contributed by atoms with Crippen molar-refractivity contribution in [2.45, 2.75) is 19.4 Å². The highest BCUT2D eigenvalue weighted by Gasteiger charge is 2.17. The lowest BCUT2D eigenvalue weighted by Crippen LogP contribution is -2.29. The first kappa shape index (κ1) is 14.6. The maximum Gasteiger partial charge on any atom is 0.214 e. The van der Waals surface area contributed by atoms with Crippen molar-refractivity contribution in [1.29, 1.82) is 0 Å². The van der Waals surface area contributed by atoms with E-state index < -0.39 is 10.0 Å². The highest BCUT2D eigenvalue weighted by molar-refractivity contribution is 7.89. The van der Waals surface area contributed by atoms with Gasteiger partial charge in [0.15, 0.2) is 0 Å². The molecule has 0 saturated carbocycles. The van der Waals surface area contributed by atoms with Gasteiger partial charge in [-0.1, -0.05) is 0 Å². The summed E-state index contributed by atoms with van der Waals surface area (Å²) in [7, 11) is 0.409. The van der Waals surface area contributed by atoms with Gasteiger partial charge in [0.2, 0.25) is 10.0 Å². The number of thiophene rings is 1. The Hall–Kier alpha value is -0.430. The van der Waals surface area contributed by atoms with E-state index in [0.29, 0.717) is 13.0 Å². The summed E-state index contributed by atoms with van der Waals surface area (Å²) in [5.41, 5.74) is 1.05. The zero-order valence-electron chi connectivity index (χ0n) is 10.3. The van der Waals surface area contributed by atoms with Gasteiger partial charge in [0.1, 0.15) is 0 Å². The summed E-state index contributed by atoms with van der Waals surface area (Å²) in [4.78, 5) is 0. The minimum Gasteiger partial charge on any atom is -0.320 e. The summed E-state index contributed by atoms with van der Waals surface area (Å²) in [5, 5.41) is 6.95. The maximum atomic E-state index is 11.9. The van der Waals surface area contributed by atoms with Gasteiger partial charge in [0.05, 0.1) is 5.75 Å². The normalized spacial score (nSPS) is 12.2. The number of nitrogens with one attached hydrogen (secondary N) is 1. The molecule has 0 bridgehead atoms. The van der Waals surface area contributed by atoms with E-state index in [1.165, 1.54) is 4.31 Å². The van der Waals surface area contributed by atoms with Crippen LogP contribution in [0.3, 0.4) is 0 Å². The van der Waals surface area contributed by atoms with E-state index in [2.05, 4.69) is 5.32 Å². The molecule has 1 aromatic heterocycles. The van der Waals surface area contributed by atoms with Crippen LogP contribution in [-0.4, -0.2) is 39.1 Å². The topological polar surface area (TPSA) is 49.4 Å². The van der Waals surface area contributed by atoms with Crippen LogP contribution in [0.2, 0.25) is 0 Å². The summed E-state index contributed by atoms with van der Waals surface area (Å²) < 4.78 is 25.3. The van der Waals surface area contributed by atoms with Crippen LogP contribution in [0.1, 0.15) is 18.4 Å². The van der Waals surface area contributed by atoms with Gasteiger partial charge in [0, 0.05) is 13.6 Å². The molecule has 1 heterocycles. The standard InChI is InChI=1S/C11H20N2O2S2/c1-12-6-3-4-8-17(14,15)13(2)9-11-5-7-16-10-11/h5,7,10,12H,3-4,6,8-9H2,1-2H3. The van der Waals surface area contributed by atoms with Crippen molar-refractivity contribution in [3.05, 3.63) is 22.4 Å². The molecule has 0 atom stereocenters. The lowest BCUT2D eigenvalue weighted by atomic mass is 10.3. The van der Waals surface area contributed by atoms with Crippen molar-refractivity contribution in [3.8, 4) is 0 Å². The molecule has 0 spiro atoms. The highest BCUT2D eigenvalue weighted by Crippen LogP contribution is 2.12. The average molecular weight is 276 g/mol. The van der Waals surface area contributed by atoms with Crippen LogP contribution >= 0.6 is 11.3 Å². The quantitative estimate of drug-likeness (QED) is 0.732. The van der Waals surface area contributed by atoms with Crippen molar-refractivity contribution in [2.75, 3.05) is 26.4 Å². The van der Waals surface area contributed by atoms with Crippen LogP contribution < -0.4 is 5.32 Å². The van der Waals surface area contributed by atoms with Gasteiger partial charge in [-0.05, 0) is 48.8 Å². The molecule has 0 saturated heterocycles. The summed E-state index contributed by atoms with van der Waals surface area (Å²) in [5.74, 6) is 0.231. The number of hydrogen-bond acceptors (Lipinski definition) is 4. The largest absolute Gasteiger partial charge is 0.320 e. The molecule has 6 heteroatoms. The van der Waals surface area contributed by atoms with Crippen molar-refractivity contribution >= 4 is 21.4 Å². The smallest absolute Gasteiger partial charge is 0.214 e. The molecule has 98 valence electrons. The van der Waals surface area contributed by atoms with Crippen molar-refractivity contribution in [2.24, 2.45) is 0 Å². The first-order valence-electron chi connectivity index (χ1n) is 5.66. The average Bonchev–Trinajstić information content (AvgIpc) is 2.77. The second-order valence-electron chi connectivity index (χ2n) is 4.01. The summed E-state index contributed by atoms with van der Waals surface area (Å²) in [6.07, 6.45) is 1.60. The Labute approximate surface area is 108 Å². The van der Waals surface area contributed by atoms with E-state index in [1.54, 1.807) is 18.4 Å². The minimum atomic E-state index is -3.11. The van der Waals surface area contributed by atoms with Gasteiger partial charge in [-0.25, -0.2) is 12.7 Å². The number of unbranched alkanes of at least 4 members (excludes halogenated alkanes) is 1. The van der Waals surface area contributed by atoms with Crippen molar-refractivity contribution in [3.63, 3.8) is 0 Å². The summed E-state index contributed by atoms with van der Waals surface area (Å²) in [6, 6.07) is 1.96. The molecule has 0 aromatic carbocycles. The van der Waals surface area contributed by atoms with Crippen LogP contribution in [0.5, 0.6) is 0 Å².